The molecule has 0 unspecified atom stereocenters. The fourth-order valence-electron chi connectivity index (χ4n) is 3.24. The van der Waals surface area contributed by atoms with Gasteiger partial charge in [0.15, 0.2) is 6.61 Å². The highest BCUT2D eigenvalue weighted by Crippen LogP contribution is 2.27. The highest BCUT2D eigenvalue weighted by atomic mass is 35.5. The Morgan fingerprint density at radius 2 is 1.37 bits per heavy atom. The Hall–Kier alpha value is -4.00. The topological polar surface area (TPSA) is 79.5 Å². The molecule has 176 valence electrons. The predicted molar refractivity (Wildman–Crippen MR) is 141 cm³/mol. The second kappa shape index (κ2) is 11.4. The number of anilines is 4. The Balaban J connectivity index is 1.37. The predicted octanol–water partition coefficient (Wildman–Crippen LogP) is 7.01. The largest absolute Gasteiger partial charge is 0.482 e. The van der Waals surface area contributed by atoms with Crippen LogP contribution in [0.4, 0.5) is 22.7 Å². The third-order valence-electron chi connectivity index (χ3n) is 4.90. The van der Waals surface area contributed by atoms with Crippen molar-refractivity contribution in [3.8, 4) is 5.75 Å². The van der Waals surface area contributed by atoms with E-state index < -0.39 is 5.91 Å². The molecular formula is C27H21Cl2N3O3. The average Bonchev–Trinajstić information content (AvgIpc) is 2.85. The number of hydrogen-bond donors (Lipinski definition) is 3. The molecule has 8 heteroatoms. The molecule has 35 heavy (non-hydrogen) atoms. The molecule has 0 spiro atoms. The SMILES string of the molecule is O=C(COc1ccc(Cl)cc1Cl)Nc1ccccc1C(=O)Nc1ccc(Nc2ccccc2)cc1. The van der Waals surface area contributed by atoms with Crippen LogP contribution in [-0.4, -0.2) is 18.4 Å². The van der Waals surface area contributed by atoms with Crippen molar-refractivity contribution >= 4 is 57.8 Å². The number of amides is 2. The summed E-state index contributed by atoms with van der Waals surface area (Å²) in [5.41, 5.74) is 3.16. The molecule has 0 aliphatic heterocycles. The summed E-state index contributed by atoms with van der Waals surface area (Å²) in [6.45, 7) is -0.285. The van der Waals surface area contributed by atoms with Crippen molar-refractivity contribution in [3.05, 3.63) is 113 Å². The first-order valence-corrected chi connectivity index (χ1v) is 11.4. The number of rotatable bonds is 8. The molecule has 0 heterocycles. The lowest BCUT2D eigenvalue weighted by Gasteiger charge is -2.13. The number of carbonyl (C=O) groups is 2. The number of nitrogens with one attached hydrogen (secondary N) is 3. The highest BCUT2D eigenvalue weighted by Gasteiger charge is 2.14. The Bertz CT molecular complexity index is 1330. The Morgan fingerprint density at radius 3 is 2.11 bits per heavy atom. The fourth-order valence-corrected chi connectivity index (χ4v) is 3.70. The third-order valence-corrected chi connectivity index (χ3v) is 5.43. The fraction of sp³-hybridized carbons (Fsp3) is 0.0370. The standard InChI is InChI=1S/C27H21Cl2N3O3/c28-18-10-15-25(23(29)16-18)35-17-26(33)32-24-9-5-4-8-22(24)27(34)31-21-13-11-20(12-14-21)30-19-6-2-1-3-7-19/h1-16,30H,17H2,(H,31,34)(H,32,33). The van der Waals surface area contributed by atoms with Gasteiger partial charge in [0.1, 0.15) is 5.75 Å². The van der Waals surface area contributed by atoms with E-state index in [-0.39, 0.29) is 12.5 Å². The summed E-state index contributed by atoms with van der Waals surface area (Å²) >= 11 is 11.9. The van der Waals surface area contributed by atoms with Gasteiger partial charge in [0.05, 0.1) is 16.3 Å². The second-order valence-corrected chi connectivity index (χ2v) is 8.32. The van der Waals surface area contributed by atoms with E-state index in [0.29, 0.717) is 32.7 Å². The van der Waals surface area contributed by atoms with Gasteiger partial charge in [0, 0.05) is 22.1 Å². The minimum absolute atomic E-state index is 0.285. The lowest BCUT2D eigenvalue weighted by molar-refractivity contribution is -0.118. The van der Waals surface area contributed by atoms with E-state index in [9.17, 15) is 9.59 Å². The number of hydrogen-bond acceptors (Lipinski definition) is 4. The maximum absolute atomic E-state index is 12.9. The first-order chi connectivity index (χ1) is 17.0. The third kappa shape index (κ3) is 6.76. The Morgan fingerprint density at radius 1 is 0.714 bits per heavy atom. The number of benzene rings is 4. The maximum Gasteiger partial charge on any atom is 0.262 e. The number of ether oxygens (including phenoxy) is 1. The molecule has 4 rings (SSSR count). The maximum atomic E-state index is 12.9. The number of halogens is 2. The minimum Gasteiger partial charge on any atom is -0.482 e. The van der Waals surface area contributed by atoms with Crippen molar-refractivity contribution in [3.63, 3.8) is 0 Å². The van der Waals surface area contributed by atoms with E-state index in [2.05, 4.69) is 16.0 Å². The molecule has 6 nitrogen and oxygen atoms in total. The lowest BCUT2D eigenvalue weighted by Crippen LogP contribution is -2.22. The van der Waals surface area contributed by atoms with Crippen LogP contribution < -0.4 is 20.7 Å². The average molecular weight is 506 g/mol. The summed E-state index contributed by atoms with van der Waals surface area (Å²) in [5.74, 6) is -0.457. The zero-order valence-electron chi connectivity index (χ0n) is 18.4. The van der Waals surface area contributed by atoms with Gasteiger partial charge in [0.25, 0.3) is 11.8 Å². The van der Waals surface area contributed by atoms with Crippen LogP contribution in [0.15, 0.2) is 97.1 Å². The summed E-state index contributed by atoms with van der Waals surface area (Å²) in [7, 11) is 0. The molecule has 0 saturated carbocycles. The molecule has 0 bridgehead atoms. The van der Waals surface area contributed by atoms with Gasteiger partial charge < -0.3 is 20.7 Å². The van der Waals surface area contributed by atoms with Gasteiger partial charge in [-0.2, -0.15) is 0 Å². The normalized spacial score (nSPS) is 10.3. The molecule has 0 aliphatic rings. The molecule has 0 fully saturated rings. The van der Waals surface area contributed by atoms with E-state index in [1.165, 1.54) is 6.07 Å². The van der Waals surface area contributed by atoms with E-state index >= 15 is 0 Å². The van der Waals surface area contributed by atoms with Gasteiger partial charge in [-0.05, 0) is 66.7 Å². The van der Waals surface area contributed by atoms with Gasteiger partial charge in [-0.1, -0.05) is 53.5 Å². The summed E-state index contributed by atoms with van der Waals surface area (Å²) in [6.07, 6.45) is 0. The molecule has 0 aliphatic carbocycles. The van der Waals surface area contributed by atoms with Crippen LogP contribution in [0.5, 0.6) is 5.75 Å². The van der Waals surface area contributed by atoms with Gasteiger partial charge in [0.2, 0.25) is 0 Å². The monoisotopic (exact) mass is 505 g/mol. The van der Waals surface area contributed by atoms with Crippen LogP contribution >= 0.6 is 23.2 Å². The van der Waals surface area contributed by atoms with Crippen LogP contribution in [0.2, 0.25) is 10.0 Å². The summed E-state index contributed by atoms with van der Waals surface area (Å²) in [5, 5.41) is 9.62. The molecule has 4 aromatic carbocycles. The van der Waals surface area contributed by atoms with Gasteiger partial charge in [-0.25, -0.2) is 0 Å². The molecule has 0 atom stereocenters. The molecule has 3 N–H and O–H groups in total. The van der Waals surface area contributed by atoms with Gasteiger partial charge in [-0.15, -0.1) is 0 Å². The molecule has 0 aromatic heterocycles. The lowest BCUT2D eigenvalue weighted by atomic mass is 10.1. The zero-order chi connectivity index (χ0) is 24.6. The van der Waals surface area contributed by atoms with Gasteiger partial charge in [-0.3, -0.25) is 9.59 Å². The van der Waals surface area contributed by atoms with Gasteiger partial charge >= 0.3 is 0 Å². The van der Waals surface area contributed by atoms with E-state index in [1.807, 2.05) is 42.5 Å². The smallest absolute Gasteiger partial charge is 0.262 e. The number of para-hydroxylation sites is 2. The van der Waals surface area contributed by atoms with E-state index in [1.54, 1.807) is 48.5 Å². The molecule has 4 aromatic rings. The van der Waals surface area contributed by atoms with Crippen LogP contribution in [0.25, 0.3) is 0 Å². The summed E-state index contributed by atoms with van der Waals surface area (Å²) < 4.78 is 5.47. The molecule has 0 saturated heterocycles. The second-order valence-electron chi connectivity index (χ2n) is 7.48. The highest BCUT2D eigenvalue weighted by molar-refractivity contribution is 6.35. The van der Waals surface area contributed by atoms with Crippen LogP contribution in [0.1, 0.15) is 10.4 Å². The van der Waals surface area contributed by atoms with Crippen LogP contribution in [0.3, 0.4) is 0 Å². The van der Waals surface area contributed by atoms with Crippen molar-refractivity contribution in [1.82, 2.24) is 0 Å². The Kier molecular flexibility index (Phi) is 7.88. The van der Waals surface area contributed by atoms with Crippen molar-refractivity contribution in [2.24, 2.45) is 0 Å². The van der Waals surface area contributed by atoms with Crippen LogP contribution in [-0.2, 0) is 4.79 Å². The van der Waals surface area contributed by atoms with Crippen molar-refractivity contribution in [2.75, 3.05) is 22.6 Å². The first-order valence-electron chi connectivity index (χ1n) is 10.7. The first kappa shape index (κ1) is 24.1. The minimum atomic E-state index is -0.437. The van der Waals surface area contributed by atoms with E-state index in [4.69, 9.17) is 27.9 Å². The van der Waals surface area contributed by atoms with Crippen molar-refractivity contribution in [1.29, 1.82) is 0 Å². The summed E-state index contributed by atoms with van der Waals surface area (Å²) in [6, 6.07) is 28.6. The number of carbonyl (C=O) groups excluding carboxylic acids is 2. The van der Waals surface area contributed by atoms with Crippen molar-refractivity contribution < 1.29 is 14.3 Å². The molecular weight excluding hydrogens is 485 g/mol. The Labute approximate surface area is 212 Å². The quantitative estimate of drug-likeness (QED) is 0.240. The van der Waals surface area contributed by atoms with E-state index in [0.717, 1.165) is 11.4 Å². The van der Waals surface area contributed by atoms with Crippen molar-refractivity contribution in [2.45, 2.75) is 0 Å². The van der Waals surface area contributed by atoms with Crippen LogP contribution in [0, 0.1) is 0 Å². The summed E-state index contributed by atoms with van der Waals surface area (Å²) in [4.78, 5) is 25.3. The molecule has 0 radical (unpaired) electrons. The zero-order valence-corrected chi connectivity index (χ0v) is 19.9. The molecule has 2 amide bonds.